The molecule has 2 aromatic heterocycles. The summed E-state index contributed by atoms with van der Waals surface area (Å²) in [6.45, 7) is 4.69. The van der Waals surface area contributed by atoms with Crippen LogP contribution in [0.25, 0.3) is 0 Å². The first kappa shape index (κ1) is 8.93. The van der Waals surface area contributed by atoms with Gasteiger partial charge in [-0.05, 0) is 20.3 Å². The van der Waals surface area contributed by atoms with Crippen LogP contribution < -0.4 is 0 Å². The molecule has 0 bridgehead atoms. The normalized spacial score (nSPS) is 10.7. The molecule has 0 spiro atoms. The molecule has 0 unspecified atom stereocenters. The Labute approximate surface area is 81.7 Å². The van der Waals surface area contributed by atoms with E-state index in [0.29, 0.717) is 0 Å². The fraction of sp³-hybridized carbons (Fsp3) is 0.444. The predicted molar refractivity (Wildman–Crippen MR) is 49.7 cm³/mol. The quantitative estimate of drug-likeness (QED) is 0.731. The van der Waals surface area contributed by atoms with Crippen molar-refractivity contribution in [2.24, 2.45) is 0 Å². The molecule has 0 aliphatic carbocycles. The van der Waals surface area contributed by atoms with Crippen molar-refractivity contribution in [3.05, 3.63) is 29.4 Å². The zero-order valence-corrected chi connectivity index (χ0v) is 8.27. The fourth-order valence-corrected chi connectivity index (χ4v) is 1.44. The van der Waals surface area contributed by atoms with Crippen LogP contribution in [0.5, 0.6) is 0 Å². The van der Waals surface area contributed by atoms with Crippen molar-refractivity contribution in [1.29, 1.82) is 0 Å². The predicted octanol–water partition coefficient (Wildman–Crippen LogP) is 1.13. The minimum absolute atomic E-state index is 0.808. The van der Waals surface area contributed by atoms with E-state index in [-0.39, 0.29) is 0 Å². The lowest BCUT2D eigenvalue weighted by Gasteiger charge is -1.99. The van der Waals surface area contributed by atoms with Crippen LogP contribution in [0.15, 0.2) is 16.9 Å². The minimum atomic E-state index is 0.808. The van der Waals surface area contributed by atoms with Crippen molar-refractivity contribution in [3.63, 3.8) is 0 Å². The standard InChI is InChI=1S/C9H12N4O/c1-7-9(8(2)14-11-7)3-5-13-6-4-10-12-13/h4,6H,3,5H2,1-2H3. The van der Waals surface area contributed by atoms with Crippen LogP contribution in [0.1, 0.15) is 17.0 Å². The fourth-order valence-electron chi connectivity index (χ4n) is 1.44. The summed E-state index contributed by atoms with van der Waals surface area (Å²) < 4.78 is 6.87. The Bertz CT molecular complexity index is 385. The van der Waals surface area contributed by atoms with Crippen LogP contribution >= 0.6 is 0 Å². The summed E-state index contributed by atoms with van der Waals surface area (Å²) in [4.78, 5) is 0. The van der Waals surface area contributed by atoms with Crippen molar-refractivity contribution in [2.45, 2.75) is 26.8 Å². The lowest BCUT2D eigenvalue weighted by atomic mass is 10.1. The number of rotatable bonds is 3. The molecule has 0 atom stereocenters. The summed E-state index contributed by atoms with van der Waals surface area (Å²) in [7, 11) is 0. The number of nitrogens with zero attached hydrogens (tertiary/aromatic N) is 4. The molecular weight excluding hydrogens is 180 g/mol. The van der Waals surface area contributed by atoms with E-state index in [1.807, 2.05) is 20.0 Å². The molecule has 0 saturated heterocycles. The van der Waals surface area contributed by atoms with Crippen molar-refractivity contribution in [3.8, 4) is 0 Å². The first-order valence-corrected chi connectivity index (χ1v) is 4.53. The van der Waals surface area contributed by atoms with E-state index in [1.54, 1.807) is 10.9 Å². The van der Waals surface area contributed by atoms with Gasteiger partial charge >= 0.3 is 0 Å². The Morgan fingerprint density at radius 1 is 1.43 bits per heavy atom. The van der Waals surface area contributed by atoms with E-state index >= 15 is 0 Å². The van der Waals surface area contributed by atoms with Crippen LogP contribution in [-0.2, 0) is 13.0 Å². The van der Waals surface area contributed by atoms with Gasteiger partial charge in [0.25, 0.3) is 0 Å². The van der Waals surface area contributed by atoms with E-state index in [0.717, 1.165) is 24.4 Å². The molecule has 5 nitrogen and oxygen atoms in total. The van der Waals surface area contributed by atoms with E-state index in [9.17, 15) is 0 Å². The Balaban J connectivity index is 2.05. The number of hydrogen-bond donors (Lipinski definition) is 0. The highest BCUT2D eigenvalue weighted by atomic mass is 16.5. The SMILES string of the molecule is Cc1noc(C)c1CCn1ccnn1. The zero-order valence-electron chi connectivity index (χ0n) is 8.27. The van der Waals surface area contributed by atoms with Gasteiger partial charge in [0.1, 0.15) is 5.76 Å². The summed E-state index contributed by atoms with van der Waals surface area (Å²) in [6.07, 6.45) is 4.40. The van der Waals surface area contributed by atoms with Crippen LogP contribution in [0.4, 0.5) is 0 Å². The molecule has 2 rings (SSSR count). The highest BCUT2D eigenvalue weighted by Gasteiger charge is 2.08. The number of aromatic nitrogens is 4. The average Bonchev–Trinajstić information content (AvgIpc) is 2.76. The van der Waals surface area contributed by atoms with Crippen molar-refractivity contribution in [1.82, 2.24) is 20.2 Å². The maximum absolute atomic E-state index is 5.07. The summed E-state index contributed by atoms with van der Waals surface area (Å²) in [5, 5.41) is 11.5. The summed E-state index contributed by atoms with van der Waals surface area (Å²) >= 11 is 0. The average molecular weight is 192 g/mol. The number of aryl methyl sites for hydroxylation is 3. The van der Waals surface area contributed by atoms with E-state index < -0.39 is 0 Å². The second-order valence-electron chi connectivity index (χ2n) is 3.22. The maximum Gasteiger partial charge on any atom is 0.137 e. The molecule has 0 aliphatic rings. The van der Waals surface area contributed by atoms with Gasteiger partial charge in [-0.3, -0.25) is 4.68 Å². The number of hydrogen-bond acceptors (Lipinski definition) is 4. The molecule has 0 fully saturated rings. The first-order chi connectivity index (χ1) is 6.77. The Hall–Kier alpha value is -1.65. The van der Waals surface area contributed by atoms with Gasteiger partial charge in [-0.25, -0.2) is 0 Å². The van der Waals surface area contributed by atoms with Gasteiger partial charge in [-0.2, -0.15) is 0 Å². The molecule has 0 N–H and O–H groups in total. The van der Waals surface area contributed by atoms with Crippen molar-refractivity contribution in [2.75, 3.05) is 0 Å². The van der Waals surface area contributed by atoms with Gasteiger partial charge in [0, 0.05) is 18.3 Å². The zero-order chi connectivity index (χ0) is 9.97. The Kier molecular flexibility index (Phi) is 2.30. The molecule has 74 valence electrons. The Morgan fingerprint density at radius 2 is 2.29 bits per heavy atom. The second-order valence-corrected chi connectivity index (χ2v) is 3.22. The minimum Gasteiger partial charge on any atom is -0.361 e. The third-order valence-electron chi connectivity index (χ3n) is 2.24. The van der Waals surface area contributed by atoms with Gasteiger partial charge in [-0.1, -0.05) is 10.4 Å². The lowest BCUT2D eigenvalue weighted by molar-refractivity contribution is 0.392. The van der Waals surface area contributed by atoms with Gasteiger partial charge < -0.3 is 4.52 Å². The Morgan fingerprint density at radius 3 is 2.86 bits per heavy atom. The maximum atomic E-state index is 5.07. The van der Waals surface area contributed by atoms with Crippen LogP contribution in [-0.4, -0.2) is 20.2 Å². The van der Waals surface area contributed by atoms with Gasteiger partial charge in [-0.15, -0.1) is 5.10 Å². The second kappa shape index (κ2) is 3.61. The largest absolute Gasteiger partial charge is 0.361 e. The van der Waals surface area contributed by atoms with Gasteiger partial charge in [0.2, 0.25) is 0 Å². The van der Waals surface area contributed by atoms with Crippen molar-refractivity contribution < 1.29 is 4.52 Å². The molecule has 2 heterocycles. The summed E-state index contributed by atoms with van der Waals surface area (Å²) in [5.41, 5.74) is 2.13. The van der Waals surface area contributed by atoms with Crippen LogP contribution in [0.3, 0.4) is 0 Å². The smallest absolute Gasteiger partial charge is 0.137 e. The van der Waals surface area contributed by atoms with Gasteiger partial charge in [0.15, 0.2) is 0 Å². The van der Waals surface area contributed by atoms with Crippen LogP contribution in [0, 0.1) is 13.8 Å². The molecule has 0 radical (unpaired) electrons. The van der Waals surface area contributed by atoms with Gasteiger partial charge in [0.05, 0.1) is 11.9 Å². The molecule has 14 heavy (non-hydrogen) atoms. The summed E-state index contributed by atoms with van der Waals surface area (Å²) in [6, 6.07) is 0. The molecule has 0 saturated carbocycles. The lowest BCUT2D eigenvalue weighted by Crippen LogP contribution is -2.03. The highest BCUT2D eigenvalue weighted by molar-refractivity contribution is 5.20. The third kappa shape index (κ3) is 1.66. The first-order valence-electron chi connectivity index (χ1n) is 4.53. The van der Waals surface area contributed by atoms with E-state index in [1.165, 1.54) is 5.56 Å². The molecule has 5 heteroatoms. The van der Waals surface area contributed by atoms with Crippen LogP contribution in [0.2, 0.25) is 0 Å². The molecule has 0 aromatic carbocycles. The topological polar surface area (TPSA) is 56.7 Å². The monoisotopic (exact) mass is 192 g/mol. The molecule has 2 aromatic rings. The molecular formula is C9H12N4O. The van der Waals surface area contributed by atoms with E-state index in [2.05, 4.69) is 15.5 Å². The highest BCUT2D eigenvalue weighted by Crippen LogP contribution is 2.13. The molecule has 0 aliphatic heterocycles. The summed E-state index contributed by atoms with van der Waals surface area (Å²) in [5.74, 6) is 0.891. The third-order valence-corrected chi connectivity index (χ3v) is 2.24. The van der Waals surface area contributed by atoms with Crippen molar-refractivity contribution >= 4 is 0 Å². The van der Waals surface area contributed by atoms with E-state index in [4.69, 9.17) is 4.52 Å². The molecule has 0 amide bonds.